The Morgan fingerprint density at radius 2 is 2.14 bits per heavy atom. The highest BCUT2D eigenvalue weighted by Crippen LogP contribution is 2.35. The standard InChI is InChI=1S/C17H22N2O2/c1-11-17(12(2)19(3)18-11)15(20)10-16-14-7-5-4-6-13(14)8-9-21-16/h4-7,15-16,20H,8-10H2,1-3H3. The summed E-state index contributed by atoms with van der Waals surface area (Å²) < 4.78 is 7.72. The van der Waals surface area contributed by atoms with E-state index >= 15 is 0 Å². The van der Waals surface area contributed by atoms with Crippen LogP contribution in [-0.2, 0) is 18.2 Å². The molecule has 2 atom stereocenters. The molecule has 2 unspecified atom stereocenters. The molecule has 1 N–H and O–H groups in total. The molecule has 4 nitrogen and oxygen atoms in total. The zero-order valence-electron chi connectivity index (χ0n) is 12.8. The fraction of sp³-hybridized carbons (Fsp3) is 0.471. The first kappa shape index (κ1) is 14.3. The normalized spacial score (nSPS) is 19.3. The Hall–Kier alpha value is -1.65. The van der Waals surface area contributed by atoms with Crippen LogP contribution in [0.25, 0.3) is 0 Å². The molecule has 0 fully saturated rings. The Bertz CT molecular complexity index is 648. The van der Waals surface area contributed by atoms with Crippen LogP contribution in [0.5, 0.6) is 0 Å². The molecule has 0 spiro atoms. The molecule has 0 radical (unpaired) electrons. The van der Waals surface area contributed by atoms with E-state index in [4.69, 9.17) is 4.74 Å². The van der Waals surface area contributed by atoms with Crippen molar-refractivity contribution in [3.63, 3.8) is 0 Å². The second-order valence-corrected chi connectivity index (χ2v) is 5.77. The number of benzene rings is 1. The fourth-order valence-electron chi connectivity index (χ4n) is 3.26. The summed E-state index contributed by atoms with van der Waals surface area (Å²) in [6.07, 6.45) is 0.941. The topological polar surface area (TPSA) is 47.3 Å². The summed E-state index contributed by atoms with van der Waals surface area (Å²) in [5.41, 5.74) is 5.39. The minimum absolute atomic E-state index is 0.0380. The summed E-state index contributed by atoms with van der Waals surface area (Å²) >= 11 is 0. The van der Waals surface area contributed by atoms with E-state index in [-0.39, 0.29) is 6.10 Å². The molecular formula is C17H22N2O2. The van der Waals surface area contributed by atoms with Crippen LogP contribution >= 0.6 is 0 Å². The SMILES string of the molecule is Cc1nn(C)c(C)c1C(O)CC1OCCc2ccccc21. The number of hydrogen-bond donors (Lipinski definition) is 1. The van der Waals surface area contributed by atoms with E-state index in [9.17, 15) is 5.11 Å². The maximum atomic E-state index is 10.6. The lowest BCUT2D eigenvalue weighted by Gasteiger charge is -2.28. The minimum atomic E-state index is -0.546. The summed E-state index contributed by atoms with van der Waals surface area (Å²) in [6, 6.07) is 8.35. The van der Waals surface area contributed by atoms with Crippen molar-refractivity contribution in [1.82, 2.24) is 9.78 Å². The molecule has 2 aromatic rings. The Labute approximate surface area is 125 Å². The van der Waals surface area contributed by atoms with E-state index in [1.54, 1.807) is 0 Å². The summed E-state index contributed by atoms with van der Waals surface area (Å²) in [5.74, 6) is 0. The zero-order chi connectivity index (χ0) is 15.0. The highest BCUT2D eigenvalue weighted by atomic mass is 16.5. The van der Waals surface area contributed by atoms with Gasteiger partial charge in [-0.25, -0.2) is 0 Å². The average molecular weight is 286 g/mol. The molecule has 0 aliphatic carbocycles. The number of hydrogen-bond acceptors (Lipinski definition) is 3. The number of rotatable bonds is 3. The van der Waals surface area contributed by atoms with Gasteiger partial charge in [0, 0.05) is 24.7 Å². The molecule has 0 bridgehead atoms. The van der Waals surface area contributed by atoms with Crippen LogP contribution in [0.1, 0.15) is 46.7 Å². The van der Waals surface area contributed by atoms with Gasteiger partial charge in [0.25, 0.3) is 0 Å². The van der Waals surface area contributed by atoms with Crippen LogP contribution in [0.2, 0.25) is 0 Å². The van der Waals surface area contributed by atoms with Gasteiger partial charge < -0.3 is 9.84 Å². The highest BCUT2D eigenvalue weighted by molar-refractivity contribution is 5.32. The van der Waals surface area contributed by atoms with Gasteiger partial charge in [-0.2, -0.15) is 5.10 Å². The molecule has 2 heterocycles. The number of fused-ring (bicyclic) bond motifs is 1. The van der Waals surface area contributed by atoms with Crippen LogP contribution in [0.4, 0.5) is 0 Å². The van der Waals surface area contributed by atoms with Crippen LogP contribution < -0.4 is 0 Å². The monoisotopic (exact) mass is 286 g/mol. The minimum Gasteiger partial charge on any atom is -0.388 e. The van der Waals surface area contributed by atoms with Gasteiger partial charge in [-0.1, -0.05) is 24.3 Å². The third-order valence-electron chi connectivity index (χ3n) is 4.43. The lowest BCUT2D eigenvalue weighted by atomic mass is 9.92. The van der Waals surface area contributed by atoms with E-state index in [2.05, 4.69) is 23.3 Å². The molecule has 21 heavy (non-hydrogen) atoms. The van der Waals surface area contributed by atoms with Gasteiger partial charge in [0.2, 0.25) is 0 Å². The molecule has 4 heteroatoms. The van der Waals surface area contributed by atoms with Crippen molar-refractivity contribution in [3.05, 3.63) is 52.3 Å². The molecule has 1 aliphatic rings. The second kappa shape index (κ2) is 5.62. The maximum Gasteiger partial charge on any atom is 0.0855 e. The number of nitrogens with zero attached hydrogens (tertiary/aromatic N) is 2. The summed E-state index contributed by atoms with van der Waals surface area (Å²) in [6.45, 7) is 4.66. The zero-order valence-corrected chi connectivity index (χ0v) is 12.8. The van der Waals surface area contributed by atoms with E-state index in [0.29, 0.717) is 6.42 Å². The van der Waals surface area contributed by atoms with Crippen molar-refractivity contribution in [2.45, 2.75) is 38.9 Å². The summed E-state index contributed by atoms with van der Waals surface area (Å²) in [5, 5.41) is 15.0. The summed E-state index contributed by atoms with van der Waals surface area (Å²) in [4.78, 5) is 0. The number of aryl methyl sites for hydroxylation is 2. The number of aromatic nitrogens is 2. The van der Waals surface area contributed by atoms with Crippen molar-refractivity contribution in [3.8, 4) is 0 Å². The Morgan fingerprint density at radius 1 is 1.38 bits per heavy atom. The second-order valence-electron chi connectivity index (χ2n) is 5.77. The Kier molecular flexibility index (Phi) is 3.83. The first-order chi connectivity index (χ1) is 10.1. The van der Waals surface area contributed by atoms with Crippen LogP contribution in [0, 0.1) is 13.8 Å². The highest BCUT2D eigenvalue weighted by Gasteiger charge is 2.26. The maximum absolute atomic E-state index is 10.6. The molecule has 0 saturated carbocycles. The van der Waals surface area contributed by atoms with Gasteiger partial charge >= 0.3 is 0 Å². The van der Waals surface area contributed by atoms with E-state index in [1.165, 1.54) is 11.1 Å². The lowest BCUT2D eigenvalue weighted by Crippen LogP contribution is -2.18. The molecule has 3 rings (SSSR count). The first-order valence-corrected chi connectivity index (χ1v) is 7.45. The number of aliphatic hydroxyl groups excluding tert-OH is 1. The first-order valence-electron chi connectivity index (χ1n) is 7.45. The Balaban J connectivity index is 1.84. The van der Waals surface area contributed by atoms with Crippen LogP contribution in [0.15, 0.2) is 24.3 Å². The van der Waals surface area contributed by atoms with Crippen LogP contribution in [0.3, 0.4) is 0 Å². The molecule has 1 aromatic carbocycles. The third kappa shape index (κ3) is 2.61. The number of ether oxygens (including phenoxy) is 1. The van der Waals surface area contributed by atoms with Gasteiger partial charge in [0.1, 0.15) is 0 Å². The van der Waals surface area contributed by atoms with Crippen LogP contribution in [-0.4, -0.2) is 21.5 Å². The van der Waals surface area contributed by atoms with Gasteiger partial charge in [-0.05, 0) is 31.4 Å². The summed E-state index contributed by atoms with van der Waals surface area (Å²) in [7, 11) is 1.91. The largest absolute Gasteiger partial charge is 0.388 e. The molecule has 0 amide bonds. The third-order valence-corrected chi connectivity index (χ3v) is 4.43. The van der Waals surface area contributed by atoms with Gasteiger partial charge in [0.05, 0.1) is 24.5 Å². The molecule has 1 aromatic heterocycles. The van der Waals surface area contributed by atoms with Gasteiger partial charge in [-0.15, -0.1) is 0 Å². The van der Waals surface area contributed by atoms with Gasteiger partial charge in [-0.3, -0.25) is 4.68 Å². The van der Waals surface area contributed by atoms with E-state index in [1.807, 2.05) is 31.6 Å². The van der Waals surface area contributed by atoms with E-state index in [0.717, 1.165) is 30.0 Å². The van der Waals surface area contributed by atoms with E-state index < -0.39 is 6.10 Å². The van der Waals surface area contributed by atoms with Gasteiger partial charge in [0.15, 0.2) is 0 Å². The molecule has 0 saturated heterocycles. The average Bonchev–Trinajstić information content (AvgIpc) is 2.72. The van der Waals surface area contributed by atoms with Crippen molar-refractivity contribution in [2.75, 3.05) is 6.61 Å². The predicted octanol–water partition coefficient (Wildman–Crippen LogP) is 2.77. The quantitative estimate of drug-likeness (QED) is 0.944. The molecule has 112 valence electrons. The van der Waals surface area contributed by atoms with Crippen molar-refractivity contribution >= 4 is 0 Å². The number of aliphatic hydroxyl groups is 1. The lowest BCUT2D eigenvalue weighted by molar-refractivity contribution is 0.00350. The Morgan fingerprint density at radius 3 is 2.86 bits per heavy atom. The van der Waals surface area contributed by atoms with Crippen molar-refractivity contribution in [1.29, 1.82) is 0 Å². The molecule has 1 aliphatic heterocycles. The van der Waals surface area contributed by atoms with Crippen molar-refractivity contribution < 1.29 is 9.84 Å². The fourth-order valence-corrected chi connectivity index (χ4v) is 3.26. The van der Waals surface area contributed by atoms with Crippen molar-refractivity contribution in [2.24, 2.45) is 7.05 Å². The predicted molar refractivity (Wildman–Crippen MR) is 81.1 cm³/mol. The molecular weight excluding hydrogens is 264 g/mol. The smallest absolute Gasteiger partial charge is 0.0855 e.